The zero-order valence-electron chi connectivity index (χ0n) is 14.6. The Morgan fingerprint density at radius 3 is 3.04 bits per heavy atom. The Bertz CT molecular complexity index is 607. The van der Waals surface area contributed by atoms with E-state index in [-0.39, 0.29) is 12.1 Å². The van der Waals surface area contributed by atoms with Crippen LogP contribution in [-0.4, -0.2) is 43.8 Å². The van der Waals surface area contributed by atoms with Crippen molar-refractivity contribution in [1.82, 2.24) is 10.7 Å². The monoisotopic (exact) mass is 351 g/mol. The molecule has 1 aromatic carbocycles. The molecule has 24 heavy (non-hydrogen) atoms. The lowest BCUT2D eigenvalue weighted by Gasteiger charge is -2.14. The van der Waals surface area contributed by atoms with Gasteiger partial charge in [0.15, 0.2) is 5.11 Å². The van der Waals surface area contributed by atoms with Gasteiger partial charge in [-0.1, -0.05) is 0 Å². The first-order chi connectivity index (χ1) is 11.5. The van der Waals surface area contributed by atoms with Gasteiger partial charge in [0, 0.05) is 30.7 Å². The van der Waals surface area contributed by atoms with E-state index in [2.05, 4.69) is 22.8 Å². The average Bonchev–Trinajstić information content (AvgIpc) is 2.86. The van der Waals surface area contributed by atoms with Crippen LogP contribution in [0.3, 0.4) is 0 Å². The molecule has 0 fully saturated rings. The van der Waals surface area contributed by atoms with Crippen molar-refractivity contribution in [3.63, 3.8) is 0 Å². The third-order valence-corrected chi connectivity index (χ3v) is 3.70. The van der Waals surface area contributed by atoms with Crippen LogP contribution in [0.1, 0.15) is 31.9 Å². The number of ether oxygens (including phenoxy) is 3. The molecule has 2 N–H and O–H groups in total. The van der Waals surface area contributed by atoms with E-state index in [0.717, 1.165) is 23.5 Å². The summed E-state index contributed by atoms with van der Waals surface area (Å²) in [5, 5.41) is 7.71. The van der Waals surface area contributed by atoms with Crippen molar-refractivity contribution < 1.29 is 14.2 Å². The Balaban J connectivity index is 2.03. The molecule has 0 saturated carbocycles. The van der Waals surface area contributed by atoms with E-state index in [4.69, 9.17) is 26.4 Å². The fourth-order valence-electron chi connectivity index (χ4n) is 2.54. The van der Waals surface area contributed by atoms with Gasteiger partial charge in [0.1, 0.15) is 17.6 Å². The van der Waals surface area contributed by atoms with Crippen LogP contribution in [0.15, 0.2) is 17.2 Å². The summed E-state index contributed by atoms with van der Waals surface area (Å²) in [5.74, 6) is 1.69. The van der Waals surface area contributed by atoms with Crippen LogP contribution >= 0.6 is 12.2 Å². The number of methoxy groups -OCH3 is 1. The maximum Gasteiger partial charge on any atom is 0.187 e. The van der Waals surface area contributed by atoms with E-state index < -0.39 is 0 Å². The second-order valence-corrected chi connectivity index (χ2v) is 6.17. The summed E-state index contributed by atoms with van der Waals surface area (Å²) in [6.45, 7) is 7.16. The van der Waals surface area contributed by atoms with Crippen LogP contribution in [0.5, 0.6) is 11.5 Å². The molecular formula is C17H25N3O3S. The van der Waals surface area contributed by atoms with E-state index in [9.17, 15) is 0 Å². The van der Waals surface area contributed by atoms with Crippen molar-refractivity contribution in [2.24, 2.45) is 5.10 Å². The van der Waals surface area contributed by atoms with Crippen LogP contribution in [-0.2, 0) is 11.2 Å². The Morgan fingerprint density at radius 1 is 1.54 bits per heavy atom. The fraction of sp³-hybridized carbons (Fsp3) is 0.529. The Labute approximate surface area is 148 Å². The highest BCUT2D eigenvalue weighted by Crippen LogP contribution is 2.34. The van der Waals surface area contributed by atoms with Crippen LogP contribution in [0.25, 0.3) is 0 Å². The van der Waals surface area contributed by atoms with E-state index in [1.807, 2.05) is 26.0 Å². The van der Waals surface area contributed by atoms with Crippen molar-refractivity contribution in [1.29, 1.82) is 0 Å². The van der Waals surface area contributed by atoms with Crippen molar-refractivity contribution in [2.45, 2.75) is 39.3 Å². The zero-order valence-corrected chi connectivity index (χ0v) is 15.4. The first kappa shape index (κ1) is 18.5. The summed E-state index contributed by atoms with van der Waals surface area (Å²) in [4.78, 5) is 0. The molecule has 0 aromatic heterocycles. The van der Waals surface area contributed by atoms with Crippen molar-refractivity contribution in [2.75, 3.05) is 20.3 Å². The van der Waals surface area contributed by atoms with Gasteiger partial charge < -0.3 is 19.5 Å². The third-order valence-electron chi connectivity index (χ3n) is 3.49. The van der Waals surface area contributed by atoms with Crippen LogP contribution in [0, 0.1) is 0 Å². The molecule has 1 heterocycles. The van der Waals surface area contributed by atoms with Crippen LogP contribution in [0.2, 0.25) is 0 Å². The summed E-state index contributed by atoms with van der Waals surface area (Å²) >= 11 is 5.19. The molecule has 0 radical (unpaired) electrons. The second kappa shape index (κ2) is 8.84. The molecule has 1 aromatic rings. The number of hydrazone groups is 1. The van der Waals surface area contributed by atoms with Gasteiger partial charge in [0.25, 0.3) is 0 Å². The quantitative estimate of drug-likeness (QED) is 0.446. The number of fused-ring (bicyclic) bond motifs is 1. The van der Waals surface area contributed by atoms with Crippen LogP contribution in [0.4, 0.5) is 0 Å². The minimum Gasteiger partial charge on any atom is -0.493 e. The molecule has 0 amide bonds. The molecule has 2 atom stereocenters. The molecule has 2 rings (SSSR count). The largest absolute Gasteiger partial charge is 0.493 e. The van der Waals surface area contributed by atoms with Gasteiger partial charge in [0.2, 0.25) is 0 Å². The predicted octanol–water partition coefficient (Wildman–Crippen LogP) is 2.24. The summed E-state index contributed by atoms with van der Waals surface area (Å²) in [5.41, 5.74) is 4.82. The smallest absolute Gasteiger partial charge is 0.187 e. The minimum atomic E-state index is 0.110. The summed E-state index contributed by atoms with van der Waals surface area (Å²) in [6, 6.07) is 4.10. The molecule has 132 valence electrons. The van der Waals surface area contributed by atoms with E-state index in [0.29, 0.717) is 18.3 Å². The summed E-state index contributed by atoms with van der Waals surface area (Å²) < 4.78 is 16.6. The number of benzene rings is 1. The normalized spacial score (nSPS) is 17.2. The fourth-order valence-corrected chi connectivity index (χ4v) is 2.80. The number of nitrogens with one attached hydrogen (secondary N) is 2. The van der Waals surface area contributed by atoms with Gasteiger partial charge >= 0.3 is 0 Å². The molecule has 0 unspecified atom stereocenters. The Kier molecular flexibility index (Phi) is 6.81. The standard InChI is InChI=1S/C17H25N3O3S/c1-5-22-15-7-13-6-12(3)23-16(13)8-14(15)9-18-20-17(24)19-11(2)10-21-4/h7-9,11-12H,5-6,10H2,1-4H3,(H2,19,20,24)/b18-9-/t11-,12-/m1/s1. The number of thiocarbonyl (C=S) groups is 1. The zero-order chi connectivity index (χ0) is 17.5. The van der Waals surface area contributed by atoms with Gasteiger partial charge in [-0.25, -0.2) is 0 Å². The van der Waals surface area contributed by atoms with Gasteiger partial charge in [-0.15, -0.1) is 0 Å². The highest BCUT2D eigenvalue weighted by atomic mass is 32.1. The van der Waals surface area contributed by atoms with Crippen LogP contribution < -0.4 is 20.2 Å². The molecule has 1 aliphatic rings. The van der Waals surface area contributed by atoms with Gasteiger partial charge in [0.05, 0.1) is 19.4 Å². The van der Waals surface area contributed by atoms with E-state index >= 15 is 0 Å². The maximum atomic E-state index is 5.80. The third kappa shape index (κ3) is 5.07. The molecule has 0 spiro atoms. The minimum absolute atomic E-state index is 0.110. The number of hydrogen-bond donors (Lipinski definition) is 2. The molecule has 1 aliphatic heterocycles. The van der Waals surface area contributed by atoms with E-state index in [1.54, 1.807) is 13.3 Å². The average molecular weight is 351 g/mol. The number of nitrogens with zero attached hydrogens (tertiary/aromatic N) is 1. The Morgan fingerprint density at radius 2 is 2.33 bits per heavy atom. The highest BCUT2D eigenvalue weighted by Gasteiger charge is 2.21. The summed E-state index contributed by atoms with van der Waals surface area (Å²) in [7, 11) is 1.65. The molecule has 0 bridgehead atoms. The summed E-state index contributed by atoms with van der Waals surface area (Å²) in [6.07, 6.45) is 2.78. The van der Waals surface area contributed by atoms with Crippen molar-refractivity contribution >= 4 is 23.5 Å². The topological polar surface area (TPSA) is 64.1 Å². The molecule has 0 saturated heterocycles. The van der Waals surface area contributed by atoms with E-state index in [1.165, 1.54) is 5.56 Å². The Hall–Kier alpha value is -1.86. The second-order valence-electron chi connectivity index (χ2n) is 5.76. The first-order valence-electron chi connectivity index (χ1n) is 8.08. The van der Waals surface area contributed by atoms with Gasteiger partial charge in [-0.05, 0) is 45.1 Å². The molecule has 7 heteroatoms. The SMILES string of the molecule is CCOc1cc2c(cc1/C=N\NC(=S)N[C@H](C)COC)O[C@H](C)C2. The number of rotatable bonds is 7. The molecule has 6 nitrogen and oxygen atoms in total. The maximum absolute atomic E-state index is 5.80. The van der Waals surface area contributed by atoms with Gasteiger partial charge in [-0.3, -0.25) is 5.43 Å². The van der Waals surface area contributed by atoms with Crippen molar-refractivity contribution in [3.8, 4) is 11.5 Å². The lowest BCUT2D eigenvalue weighted by atomic mass is 10.1. The lowest BCUT2D eigenvalue weighted by Crippen LogP contribution is -2.40. The lowest BCUT2D eigenvalue weighted by molar-refractivity contribution is 0.179. The first-order valence-corrected chi connectivity index (χ1v) is 8.49. The number of hydrogen-bond acceptors (Lipinski definition) is 5. The highest BCUT2D eigenvalue weighted by molar-refractivity contribution is 7.80. The van der Waals surface area contributed by atoms with Gasteiger partial charge in [-0.2, -0.15) is 5.10 Å². The van der Waals surface area contributed by atoms with Crippen molar-refractivity contribution in [3.05, 3.63) is 23.3 Å². The molecular weight excluding hydrogens is 326 g/mol. The molecule has 0 aliphatic carbocycles. The predicted molar refractivity (Wildman–Crippen MR) is 99.2 cm³/mol.